The third kappa shape index (κ3) is 2.00. The van der Waals surface area contributed by atoms with Crippen molar-refractivity contribution in [1.82, 2.24) is 15.1 Å². The van der Waals surface area contributed by atoms with Gasteiger partial charge in [0.1, 0.15) is 6.04 Å². The van der Waals surface area contributed by atoms with E-state index in [9.17, 15) is 14.4 Å². The van der Waals surface area contributed by atoms with Crippen LogP contribution in [-0.2, 0) is 9.59 Å². The minimum atomic E-state index is -0.675. The predicted molar refractivity (Wildman–Crippen MR) is 94.1 cm³/mol. The highest BCUT2D eigenvalue weighted by Gasteiger charge is 2.40. The second kappa shape index (κ2) is 5.26. The zero-order chi connectivity index (χ0) is 17.8. The molecule has 0 aliphatic carbocycles. The van der Waals surface area contributed by atoms with E-state index in [0.717, 1.165) is 16.5 Å². The molecule has 1 N–H and O–H groups in total. The number of piperidine rings is 1. The Morgan fingerprint density at radius 1 is 1.12 bits per heavy atom. The van der Waals surface area contributed by atoms with E-state index in [1.54, 1.807) is 16.9 Å². The van der Waals surface area contributed by atoms with E-state index in [1.807, 2.05) is 36.5 Å². The Labute approximate surface area is 148 Å². The van der Waals surface area contributed by atoms with Gasteiger partial charge in [0.05, 0.1) is 16.9 Å². The summed E-state index contributed by atoms with van der Waals surface area (Å²) in [6, 6.07) is 10.6. The van der Waals surface area contributed by atoms with E-state index in [4.69, 9.17) is 0 Å². The first-order chi connectivity index (χ1) is 12.6. The zero-order valence-corrected chi connectivity index (χ0v) is 13.7. The van der Waals surface area contributed by atoms with Crippen LogP contribution in [0.2, 0.25) is 0 Å². The molecule has 1 atom stereocenters. The van der Waals surface area contributed by atoms with Crippen molar-refractivity contribution in [3.63, 3.8) is 0 Å². The lowest BCUT2D eigenvalue weighted by Crippen LogP contribution is -2.53. The van der Waals surface area contributed by atoms with Gasteiger partial charge < -0.3 is 0 Å². The normalized spacial score (nSPS) is 19.3. The van der Waals surface area contributed by atoms with E-state index in [1.165, 1.54) is 4.90 Å². The molecule has 1 aromatic heterocycles. The van der Waals surface area contributed by atoms with Crippen molar-refractivity contribution in [1.29, 1.82) is 0 Å². The van der Waals surface area contributed by atoms with Crippen molar-refractivity contribution in [2.45, 2.75) is 18.9 Å². The van der Waals surface area contributed by atoms with Gasteiger partial charge in [0.2, 0.25) is 11.8 Å². The van der Waals surface area contributed by atoms with Gasteiger partial charge in [-0.3, -0.25) is 24.6 Å². The van der Waals surface area contributed by atoms with Crippen molar-refractivity contribution in [3.05, 3.63) is 54.4 Å². The number of carbonyl (C=O) groups is 3. The second-order valence-corrected chi connectivity index (χ2v) is 6.46. The molecule has 1 unspecified atom stereocenters. The highest BCUT2D eigenvalue weighted by molar-refractivity contribution is 6.27. The fourth-order valence-corrected chi connectivity index (χ4v) is 3.79. The number of imide groups is 1. The van der Waals surface area contributed by atoms with Crippen LogP contribution in [0.5, 0.6) is 0 Å². The number of carbonyl (C=O) groups excluding carboxylic acids is 3. The lowest BCUT2D eigenvalue weighted by atomic mass is 10.0. The SMILES string of the molecule is O=C1CCC(N2C(=O)c3cc(-n4cccn4)cc4cccc2c34)C(=O)N1. The van der Waals surface area contributed by atoms with Crippen LogP contribution < -0.4 is 10.2 Å². The average molecular weight is 346 g/mol. The van der Waals surface area contributed by atoms with Crippen LogP contribution in [0.3, 0.4) is 0 Å². The fraction of sp³-hybridized carbons (Fsp3) is 0.158. The summed E-state index contributed by atoms with van der Waals surface area (Å²) in [6.45, 7) is 0. The highest BCUT2D eigenvalue weighted by atomic mass is 16.2. The van der Waals surface area contributed by atoms with Crippen molar-refractivity contribution in [2.24, 2.45) is 0 Å². The van der Waals surface area contributed by atoms with Gasteiger partial charge in [0.15, 0.2) is 0 Å². The number of hydrogen-bond acceptors (Lipinski definition) is 4. The Kier molecular flexibility index (Phi) is 3.00. The number of anilines is 1. The molecule has 7 nitrogen and oxygen atoms in total. The first kappa shape index (κ1) is 14.8. The summed E-state index contributed by atoms with van der Waals surface area (Å²) >= 11 is 0. The lowest BCUT2D eigenvalue weighted by molar-refractivity contribution is -0.134. The van der Waals surface area contributed by atoms with Gasteiger partial charge in [-0.15, -0.1) is 0 Å². The van der Waals surface area contributed by atoms with E-state index in [2.05, 4.69) is 10.4 Å². The van der Waals surface area contributed by atoms with Gasteiger partial charge in [-0.2, -0.15) is 5.10 Å². The molecule has 0 bridgehead atoms. The molecule has 3 aromatic rings. The van der Waals surface area contributed by atoms with Gasteiger partial charge in [0, 0.05) is 24.2 Å². The van der Waals surface area contributed by atoms with Crippen LogP contribution in [0, 0.1) is 0 Å². The number of hydrogen-bond donors (Lipinski definition) is 1. The van der Waals surface area contributed by atoms with Crippen molar-refractivity contribution in [2.75, 3.05) is 4.90 Å². The van der Waals surface area contributed by atoms with Gasteiger partial charge in [-0.1, -0.05) is 12.1 Å². The molecule has 0 saturated carbocycles. The van der Waals surface area contributed by atoms with Crippen molar-refractivity contribution >= 4 is 34.2 Å². The minimum Gasteiger partial charge on any atom is -0.295 e. The number of rotatable bonds is 2. The van der Waals surface area contributed by atoms with E-state index in [-0.39, 0.29) is 18.2 Å². The maximum Gasteiger partial charge on any atom is 0.259 e. The van der Waals surface area contributed by atoms with Gasteiger partial charge >= 0.3 is 0 Å². The third-order valence-electron chi connectivity index (χ3n) is 4.94. The fourth-order valence-electron chi connectivity index (χ4n) is 3.79. The molecule has 128 valence electrons. The molecule has 2 aromatic carbocycles. The molecule has 1 saturated heterocycles. The maximum absolute atomic E-state index is 13.2. The largest absolute Gasteiger partial charge is 0.295 e. The molecular formula is C19H14N4O3. The Morgan fingerprint density at radius 2 is 2.00 bits per heavy atom. The van der Waals surface area contributed by atoms with Crippen LogP contribution in [0.1, 0.15) is 23.2 Å². The Morgan fingerprint density at radius 3 is 2.77 bits per heavy atom. The van der Waals surface area contributed by atoms with E-state index >= 15 is 0 Å². The second-order valence-electron chi connectivity index (χ2n) is 6.46. The molecular weight excluding hydrogens is 332 g/mol. The smallest absolute Gasteiger partial charge is 0.259 e. The van der Waals surface area contributed by atoms with E-state index < -0.39 is 11.9 Å². The molecule has 2 aliphatic heterocycles. The first-order valence-electron chi connectivity index (χ1n) is 8.37. The molecule has 0 radical (unpaired) electrons. The number of amides is 3. The summed E-state index contributed by atoms with van der Waals surface area (Å²) in [6.07, 6.45) is 4.05. The first-order valence-corrected chi connectivity index (χ1v) is 8.37. The molecule has 5 rings (SSSR count). The van der Waals surface area contributed by atoms with Crippen molar-refractivity contribution in [3.8, 4) is 5.69 Å². The number of nitrogens with zero attached hydrogens (tertiary/aromatic N) is 3. The van der Waals surface area contributed by atoms with Crippen LogP contribution in [0.25, 0.3) is 16.5 Å². The molecule has 3 amide bonds. The Hall–Kier alpha value is -3.48. The summed E-state index contributed by atoms with van der Waals surface area (Å²) in [7, 11) is 0. The molecule has 3 heterocycles. The standard InChI is InChI=1S/C19H14N4O3/c24-16-6-5-15(18(25)21-16)23-14-4-1-3-11-9-12(22-8-2-7-20-22)10-13(17(11)14)19(23)26/h1-4,7-10,15H,5-6H2,(H,21,24,25). The summed E-state index contributed by atoms with van der Waals surface area (Å²) in [5.74, 6) is -0.944. The maximum atomic E-state index is 13.2. The summed E-state index contributed by atoms with van der Waals surface area (Å²) in [4.78, 5) is 38.5. The van der Waals surface area contributed by atoms with Crippen LogP contribution in [0.4, 0.5) is 5.69 Å². The lowest BCUT2D eigenvalue weighted by Gasteiger charge is -2.30. The molecule has 0 spiro atoms. The van der Waals surface area contributed by atoms with Gasteiger partial charge in [0.25, 0.3) is 5.91 Å². The van der Waals surface area contributed by atoms with Crippen molar-refractivity contribution < 1.29 is 14.4 Å². The Bertz CT molecular complexity index is 1090. The molecule has 26 heavy (non-hydrogen) atoms. The van der Waals surface area contributed by atoms with Crippen LogP contribution in [0.15, 0.2) is 48.8 Å². The molecule has 2 aliphatic rings. The minimum absolute atomic E-state index is 0.222. The van der Waals surface area contributed by atoms with Gasteiger partial charge in [-0.05, 0) is 36.1 Å². The summed E-state index contributed by atoms with van der Waals surface area (Å²) < 4.78 is 1.70. The molecule has 1 fully saturated rings. The zero-order valence-electron chi connectivity index (χ0n) is 13.7. The molecule has 7 heteroatoms. The quantitative estimate of drug-likeness (QED) is 0.717. The van der Waals surface area contributed by atoms with Crippen LogP contribution >= 0.6 is 0 Å². The third-order valence-corrected chi connectivity index (χ3v) is 4.94. The number of aromatic nitrogens is 2. The topological polar surface area (TPSA) is 84.3 Å². The predicted octanol–water partition coefficient (Wildman–Crippen LogP) is 1.79. The highest BCUT2D eigenvalue weighted by Crippen LogP contribution is 2.40. The summed E-state index contributed by atoms with van der Waals surface area (Å²) in [5.41, 5.74) is 2.05. The number of nitrogens with one attached hydrogen (secondary N) is 1. The monoisotopic (exact) mass is 346 g/mol. The van der Waals surface area contributed by atoms with Gasteiger partial charge in [-0.25, -0.2) is 4.68 Å². The number of benzene rings is 2. The Balaban J connectivity index is 1.67. The average Bonchev–Trinajstić information content (AvgIpc) is 3.25. The van der Waals surface area contributed by atoms with E-state index in [0.29, 0.717) is 17.7 Å². The van der Waals surface area contributed by atoms with Crippen LogP contribution in [-0.4, -0.2) is 33.5 Å². The summed E-state index contributed by atoms with van der Waals surface area (Å²) in [5, 5.41) is 8.31.